The highest BCUT2D eigenvalue weighted by molar-refractivity contribution is 5.76. The molecule has 17 heavy (non-hydrogen) atoms. The predicted octanol–water partition coefficient (Wildman–Crippen LogP) is 3.09. The molecule has 1 N–H and O–H groups in total. The molecule has 0 bridgehead atoms. The molecular formula is C13H13N3O. The first-order valence-electron chi connectivity index (χ1n) is 5.68. The maximum Gasteiger partial charge on any atom is 0.178 e. The van der Waals surface area contributed by atoms with Crippen LogP contribution in [0.4, 0.5) is 0 Å². The molecule has 0 aromatic carbocycles. The number of nitrogens with zero attached hydrogens (tertiary/aromatic N) is 2. The van der Waals surface area contributed by atoms with Gasteiger partial charge in [-0.05, 0) is 25.1 Å². The fourth-order valence-corrected chi connectivity index (χ4v) is 1.94. The fraction of sp³-hybridized carbons (Fsp3) is 0.231. The topological polar surface area (TPSA) is 54.7 Å². The number of H-pyrrole nitrogens is 1. The zero-order valence-corrected chi connectivity index (χ0v) is 9.82. The smallest absolute Gasteiger partial charge is 0.178 e. The Kier molecular flexibility index (Phi) is 2.21. The second-order valence-corrected chi connectivity index (χ2v) is 4.02. The third-order valence-electron chi connectivity index (χ3n) is 2.81. The Bertz CT molecular complexity index is 666. The number of nitrogens with one attached hydrogen (secondary N) is 1. The molecule has 3 aromatic heterocycles. The number of imidazole rings is 1. The van der Waals surface area contributed by atoms with Gasteiger partial charge in [0.2, 0.25) is 0 Å². The van der Waals surface area contributed by atoms with Crippen LogP contribution in [0, 0.1) is 6.92 Å². The second-order valence-electron chi connectivity index (χ2n) is 4.02. The van der Waals surface area contributed by atoms with Gasteiger partial charge in [0.15, 0.2) is 5.65 Å². The summed E-state index contributed by atoms with van der Waals surface area (Å²) in [6, 6.07) is 5.91. The van der Waals surface area contributed by atoms with Crippen LogP contribution < -0.4 is 0 Å². The first-order chi connectivity index (χ1) is 8.28. The van der Waals surface area contributed by atoms with Gasteiger partial charge in [0.25, 0.3) is 0 Å². The lowest BCUT2D eigenvalue weighted by molar-refractivity contribution is 0.517. The van der Waals surface area contributed by atoms with Crippen LogP contribution in [0.25, 0.3) is 22.6 Å². The van der Waals surface area contributed by atoms with Gasteiger partial charge >= 0.3 is 0 Å². The van der Waals surface area contributed by atoms with Crippen LogP contribution >= 0.6 is 0 Å². The summed E-state index contributed by atoms with van der Waals surface area (Å²) in [7, 11) is 0. The summed E-state index contributed by atoms with van der Waals surface area (Å²) in [6.45, 7) is 4.02. The molecule has 3 aromatic rings. The van der Waals surface area contributed by atoms with Crippen molar-refractivity contribution in [1.29, 1.82) is 0 Å². The van der Waals surface area contributed by atoms with Gasteiger partial charge in [-0.15, -0.1) is 0 Å². The van der Waals surface area contributed by atoms with E-state index >= 15 is 0 Å². The van der Waals surface area contributed by atoms with Crippen LogP contribution in [-0.4, -0.2) is 15.0 Å². The maximum atomic E-state index is 5.41. The van der Waals surface area contributed by atoms with E-state index in [0.717, 1.165) is 40.4 Å². The number of hydrogen-bond acceptors (Lipinski definition) is 3. The minimum absolute atomic E-state index is 0.753. The average molecular weight is 227 g/mol. The standard InChI is InChI=1S/C13H13N3O/c1-3-11-9(6-7-17-11)12-15-10-5-4-8(2)14-13(10)16-12/h4-7H,3H2,1-2H3,(H,14,15,16). The summed E-state index contributed by atoms with van der Waals surface area (Å²) in [5.74, 6) is 1.77. The van der Waals surface area contributed by atoms with Gasteiger partial charge in [0, 0.05) is 12.1 Å². The zero-order valence-electron chi connectivity index (χ0n) is 9.82. The summed E-state index contributed by atoms with van der Waals surface area (Å²) in [6.07, 6.45) is 2.55. The Morgan fingerprint density at radius 3 is 2.94 bits per heavy atom. The predicted molar refractivity (Wildman–Crippen MR) is 65.7 cm³/mol. The van der Waals surface area contributed by atoms with Crippen LogP contribution in [0.1, 0.15) is 18.4 Å². The minimum Gasteiger partial charge on any atom is -0.469 e. The maximum absolute atomic E-state index is 5.41. The van der Waals surface area contributed by atoms with Gasteiger partial charge in [-0.3, -0.25) is 0 Å². The molecule has 3 rings (SSSR count). The normalized spacial score (nSPS) is 11.2. The van der Waals surface area contributed by atoms with Crippen molar-refractivity contribution in [2.24, 2.45) is 0 Å². The number of aromatic nitrogens is 3. The number of furan rings is 1. The number of rotatable bonds is 2. The minimum atomic E-state index is 0.753. The van der Waals surface area contributed by atoms with Crippen LogP contribution in [0.15, 0.2) is 28.9 Å². The van der Waals surface area contributed by atoms with E-state index in [1.165, 1.54) is 0 Å². The summed E-state index contributed by atoms with van der Waals surface area (Å²) in [4.78, 5) is 12.2. The van der Waals surface area contributed by atoms with Gasteiger partial charge in [-0.1, -0.05) is 6.92 Å². The molecule has 0 aliphatic heterocycles. The molecule has 0 unspecified atom stereocenters. The molecule has 0 saturated heterocycles. The Hall–Kier alpha value is -2.10. The van der Waals surface area contributed by atoms with E-state index in [1.807, 2.05) is 25.1 Å². The highest BCUT2D eigenvalue weighted by atomic mass is 16.3. The molecule has 0 fully saturated rings. The van der Waals surface area contributed by atoms with E-state index in [-0.39, 0.29) is 0 Å². The first-order valence-corrected chi connectivity index (χ1v) is 5.68. The summed E-state index contributed by atoms with van der Waals surface area (Å²) in [5.41, 5.74) is 3.69. The van der Waals surface area contributed by atoms with Crippen molar-refractivity contribution in [3.63, 3.8) is 0 Å². The van der Waals surface area contributed by atoms with Crippen molar-refractivity contribution in [3.05, 3.63) is 35.9 Å². The lowest BCUT2D eigenvalue weighted by Crippen LogP contribution is -1.83. The highest BCUT2D eigenvalue weighted by Gasteiger charge is 2.11. The Balaban J connectivity index is 2.18. The Morgan fingerprint density at radius 1 is 1.24 bits per heavy atom. The summed E-state index contributed by atoms with van der Waals surface area (Å²) in [5, 5.41) is 0. The SMILES string of the molecule is CCc1occc1-c1nc2nc(C)ccc2[nH]1. The van der Waals surface area contributed by atoms with Gasteiger partial charge < -0.3 is 9.40 Å². The number of fused-ring (bicyclic) bond motifs is 1. The third-order valence-corrected chi connectivity index (χ3v) is 2.81. The molecule has 0 aliphatic rings. The molecular weight excluding hydrogens is 214 g/mol. The van der Waals surface area contributed by atoms with Gasteiger partial charge in [-0.2, -0.15) is 0 Å². The van der Waals surface area contributed by atoms with E-state index in [0.29, 0.717) is 0 Å². The van der Waals surface area contributed by atoms with Crippen LogP contribution in [0.3, 0.4) is 0 Å². The lowest BCUT2D eigenvalue weighted by atomic mass is 10.2. The van der Waals surface area contributed by atoms with Crippen LogP contribution in [-0.2, 0) is 6.42 Å². The number of aromatic amines is 1. The van der Waals surface area contributed by atoms with E-state index in [9.17, 15) is 0 Å². The number of hydrogen-bond donors (Lipinski definition) is 1. The van der Waals surface area contributed by atoms with Crippen molar-refractivity contribution < 1.29 is 4.42 Å². The molecule has 4 heteroatoms. The van der Waals surface area contributed by atoms with Crippen molar-refractivity contribution in [2.75, 3.05) is 0 Å². The summed E-state index contributed by atoms with van der Waals surface area (Å²) >= 11 is 0. The first kappa shape index (κ1) is 10.1. The van der Waals surface area contributed by atoms with Gasteiger partial charge in [0.05, 0.1) is 17.3 Å². The van der Waals surface area contributed by atoms with E-state index in [2.05, 4.69) is 21.9 Å². The van der Waals surface area contributed by atoms with Crippen LogP contribution in [0.5, 0.6) is 0 Å². The highest BCUT2D eigenvalue weighted by Crippen LogP contribution is 2.24. The third kappa shape index (κ3) is 1.62. The van der Waals surface area contributed by atoms with E-state index < -0.39 is 0 Å². The van der Waals surface area contributed by atoms with Crippen molar-refractivity contribution in [2.45, 2.75) is 20.3 Å². The molecule has 0 aliphatic carbocycles. The molecule has 3 heterocycles. The monoisotopic (exact) mass is 227 g/mol. The molecule has 4 nitrogen and oxygen atoms in total. The fourth-order valence-electron chi connectivity index (χ4n) is 1.94. The second kappa shape index (κ2) is 3.73. The van der Waals surface area contributed by atoms with Gasteiger partial charge in [0.1, 0.15) is 11.6 Å². The van der Waals surface area contributed by atoms with Crippen molar-refractivity contribution >= 4 is 11.2 Å². The Morgan fingerprint density at radius 2 is 2.12 bits per heavy atom. The molecule has 0 saturated carbocycles. The molecule has 0 amide bonds. The van der Waals surface area contributed by atoms with Gasteiger partial charge in [-0.25, -0.2) is 9.97 Å². The van der Waals surface area contributed by atoms with Crippen molar-refractivity contribution in [1.82, 2.24) is 15.0 Å². The lowest BCUT2D eigenvalue weighted by Gasteiger charge is -1.94. The average Bonchev–Trinajstić information content (AvgIpc) is 2.93. The Labute approximate surface area is 98.7 Å². The number of pyridine rings is 1. The largest absolute Gasteiger partial charge is 0.469 e. The molecule has 0 spiro atoms. The molecule has 0 radical (unpaired) electrons. The quantitative estimate of drug-likeness (QED) is 0.731. The van der Waals surface area contributed by atoms with E-state index in [4.69, 9.17) is 4.42 Å². The number of aryl methyl sites for hydroxylation is 2. The van der Waals surface area contributed by atoms with E-state index in [1.54, 1.807) is 6.26 Å². The summed E-state index contributed by atoms with van der Waals surface area (Å²) < 4.78 is 5.41. The molecule has 86 valence electrons. The zero-order chi connectivity index (χ0) is 11.8. The molecule has 0 atom stereocenters. The van der Waals surface area contributed by atoms with Crippen molar-refractivity contribution in [3.8, 4) is 11.4 Å². The van der Waals surface area contributed by atoms with Crippen LogP contribution in [0.2, 0.25) is 0 Å².